The van der Waals surface area contributed by atoms with Crippen molar-refractivity contribution in [3.63, 3.8) is 0 Å². The third kappa shape index (κ3) is 4.87. The molecule has 1 N–H and O–H groups in total. The van der Waals surface area contributed by atoms with E-state index in [-0.39, 0.29) is 18.4 Å². The number of ether oxygens (including phenoxy) is 1. The van der Waals surface area contributed by atoms with Gasteiger partial charge in [-0.05, 0) is 41.8 Å². The Hall–Kier alpha value is -3.60. The van der Waals surface area contributed by atoms with E-state index in [2.05, 4.69) is 17.4 Å². The van der Waals surface area contributed by atoms with Gasteiger partial charge in [-0.15, -0.1) is 0 Å². The van der Waals surface area contributed by atoms with Crippen LogP contribution in [-0.4, -0.2) is 25.0 Å². The lowest BCUT2D eigenvalue weighted by Crippen LogP contribution is -2.24. The molecule has 5 heteroatoms. The average Bonchev–Trinajstić information content (AvgIpc) is 3.20. The van der Waals surface area contributed by atoms with Gasteiger partial charge in [0.15, 0.2) is 6.61 Å². The number of benzene rings is 3. The molecule has 0 spiro atoms. The number of nitrogens with zero attached hydrogens (tertiary/aromatic N) is 1. The highest BCUT2D eigenvalue weighted by atomic mass is 16.5. The van der Waals surface area contributed by atoms with E-state index in [0.717, 1.165) is 30.6 Å². The third-order valence-electron chi connectivity index (χ3n) is 5.08. The average molecular weight is 400 g/mol. The summed E-state index contributed by atoms with van der Waals surface area (Å²) in [6.07, 6.45) is 2.18. The van der Waals surface area contributed by atoms with Crippen LogP contribution in [0.1, 0.15) is 24.0 Å². The standard InChI is InChI=1S/C25H24N2O3/c28-24(26-21-11-6-12-22(17-21)27-15-7-14-25(27)29)18-30-23-13-5-4-10-20(23)16-19-8-2-1-3-9-19/h1-6,8-13,17H,7,14-16,18H2,(H,26,28). The van der Waals surface area contributed by atoms with Gasteiger partial charge in [0.2, 0.25) is 5.91 Å². The largest absolute Gasteiger partial charge is 0.483 e. The number of carbonyl (C=O) groups is 2. The minimum atomic E-state index is -0.241. The Labute approximate surface area is 176 Å². The first-order valence-electron chi connectivity index (χ1n) is 10.1. The molecule has 152 valence electrons. The molecule has 0 aliphatic carbocycles. The second-order valence-corrected chi connectivity index (χ2v) is 7.31. The van der Waals surface area contributed by atoms with Crippen molar-refractivity contribution in [2.75, 3.05) is 23.4 Å². The van der Waals surface area contributed by atoms with Gasteiger partial charge in [-0.3, -0.25) is 9.59 Å². The molecule has 4 rings (SSSR count). The zero-order chi connectivity index (χ0) is 20.8. The number of amides is 2. The van der Waals surface area contributed by atoms with Crippen molar-refractivity contribution in [1.29, 1.82) is 0 Å². The molecule has 5 nitrogen and oxygen atoms in total. The number of hydrogen-bond acceptors (Lipinski definition) is 3. The SMILES string of the molecule is O=C(COc1ccccc1Cc1ccccc1)Nc1cccc(N2CCCC2=O)c1. The summed E-state index contributed by atoms with van der Waals surface area (Å²) in [7, 11) is 0. The Morgan fingerprint density at radius 3 is 2.57 bits per heavy atom. The fourth-order valence-corrected chi connectivity index (χ4v) is 3.62. The summed E-state index contributed by atoms with van der Waals surface area (Å²) in [5, 5.41) is 2.86. The molecule has 3 aromatic rings. The number of rotatable bonds is 7. The summed E-state index contributed by atoms with van der Waals surface area (Å²) < 4.78 is 5.81. The van der Waals surface area contributed by atoms with Gasteiger partial charge in [0.05, 0.1) is 0 Å². The fourth-order valence-electron chi connectivity index (χ4n) is 3.62. The maximum atomic E-state index is 12.4. The molecule has 1 aliphatic rings. The Kier molecular flexibility index (Phi) is 6.09. The highest BCUT2D eigenvalue weighted by molar-refractivity contribution is 5.97. The second kappa shape index (κ2) is 9.27. The van der Waals surface area contributed by atoms with E-state index in [4.69, 9.17) is 4.74 Å². The normalized spacial score (nSPS) is 13.3. The van der Waals surface area contributed by atoms with Crippen LogP contribution < -0.4 is 15.0 Å². The molecular weight excluding hydrogens is 376 g/mol. The van der Waals surface area contributed by atoms with Crippen LogP contribution in [0.25, 0.3) is 0 Å². The van der Waals surface area contributed by atoms with E-state index < -0.39 is 0 Å². The van der Waals surface area contributed by atoms with Crippen LogP contribution in [0.15, 0.2) is 78.9 Å². The van der Waals surface area contributed by atoms with E-state index in [0.29, 0.717) is 17.9 Å². The highest BCUT2D eigenvalue weighted by Crippen LogP contribution is 2.25. The van der Waals surface area contributed by atoms with Crippen molar-refractivity contribution >= 4 is 23.2 Å². The maximum Gasteiger partial charge on any atom is 0.262 e. The van der Waals surface area contributed by atoms with Gasteiger partial charge in [0, 0.05) is 30.8 Å². The first-order valence-corrected chi connectivity index (χ1v) is 10.1. The second-order valence-electron chi connectivity index (χ2n) is 7.31. The van der Waals surface area contributed by atoms with Gasteiger partial charge in [0.1, 0.15) is 5.75 Å². The third-order valence-corrected chi connectivity index (χ3v) is 5.08. The molecule has 1 saturated heterocycles. The van der Waals surface area contributed by atoms with Crippen LogP contribution in [0.3, 0.4) is 0 Å². The molecule has 0 saturated carbocycles. The molecule has 0 bridgehead atoms. The van der Waals surface area contributed by atoms with E-state index in [1.165, 1.54) is 5.56 Å². The van der Waals surface area contributed by atoms with Crippen molar-refractivity contribution in [3.8, 4) is 5.75 Å². The zero-order valence-electron chi connectivity index (χ0n) is 16.7. The lowest BCUT2D eigenvalue weighted by Gasteiger charge is -2.17. The number of anilines is 2. The molecule has 0 unspecified atom stereocenters. The van der Waals surface area contributed by atoms with Crippen LogP contribution in [0.4, 0.5) is 11.4 Å². The van der Waals surface area contributed by atoms with Crippen molar-refractivity contribution in [2.45, 2.75) is 19.3 Å². The van der Waals surface area contributed by atoms with Gasteiger partial charge >= 0.3 is 0 Å². The van der Waals surface area contributed by atoms with E-state index in [9.17, 15) is 9.59 Å². The van der Waals surface area contributed by atoms with Crippen molar-refractivity contribution < 1.29 is 14.3 Å². The van der Waals surface area contributed by atoms with Gasteiger partial charge in [-0.1, -0.05) is 54.6 Å². The van der Waals surface area contributed by atoms with Gasteiger partial charge in [-0.2, -0.15) is 0 Å². The van der Waals surface area contributed by atoms with Crippen LogP contribution >= 0.6 is 0 Å². The summed E-state index contributed by atoms with van der Waals surface area (Å²) in [6.45, 7) is 0.635. The zero-order valence-corrected chi connectivity index (χ0v) is 16.7. The monoisotopic (exact) mass is 400 g/mol. The molecule has 1 aliphatic heterocycles. The summed E-state index contributed by atoms with van der Waals surface area (Å²) >= 11 is 0. The lowest BCUT2D eigenvalue weighted by atomic mass is 10.0. The van der Waals surface area contributed by atoms with Gasteiger partial charge in [0.25, 0.3) is 5.91 Å². The van der Waals surface area contributed by atoms with E-state index in [1.807, 2.05) is 66.7 Å². The lowest BCUT2D eigenvalue weighted by molar-refractivity contribution is -0.118. The summed E-state index contributed by atoms with van der Waals surface area (Å²) in [6, 6.07) is 25.3. The summed E-state index contributed by atoms with van der Waals surface area (Å²) in [5.41, 5.74) is 3.68. The smallest absolute Gasteiger partial charge is 0.262 e. The highest BCUT2D eigenvalue weighted by Gasteiger charge is 2.21. The van der Waals surface area contributed by atoms with Crippen LogP contribution in [0.5, 0.6) is 5.75 Å². The predicted molar refractivity (Wildman–Crippen MR) is 118 cm³/mol. The van der Waals surface area contributed by atoms with Crippen molar-refractivity contribution in [1.82, 2.24) is 0 Å². The van der Waals surface area contributed by atoms with Crippen molar-refractivity contribution in [2.24, 2.45) is 0 Å². The maximum absolute atomic E-state index is 12.4. The van der Waals surface area contributed by atoms with Crippen molar-refractivity contribution in [3.05, 3.63) is 90.0 Å². The molecule has 0 aromatic heterocycles. The molecule has 1 heterocycles. The van der Waals surface area contributed by atoms with E-state index in [1.54, 1.807) is 4.90 Å². The fraction of sp³-hybridized carbons (Fsp3) is 0.200. The first kappa shape index (κ1) is 19.7. The summed E-state index contributed by atoms with van der Waals surface area (Å²) in [4.78, 5) is 26.1. The van der Waals surface area contributed by atoms with E-state index >= 15 is 0 Å². The molecule has 1 fully saturated rings. The molecule has 0 radical (unpaired) electrons. The Balaban J connectivity index is 1.37. The summed E-state index contributed by atoms with van der Waals surface area (Å²) in [5.74, 6) is 0.583. The number of nitrogens with one attached hydrogen (secondary N) is 1. The number of hydrogen-bond donors (Lipinski definition) is 1. The van der Waals surface area contributed by atoms with Crippen LogP contribution in [0.2, 0.25) is 0 Å². The minimum absolute atomic E-state index is 0.0846. The minimum Gasteiger partial charge on any atom is -0.483 e. The molecule has 3 aromatic carbocycles. The Bertz CT molecular complexity index is 1030. The topological polar surface area (TPSA) is 58.6 Å². The molecule has 2 amide bonds. The molecule has 30 heavy (non-hydrogen) atoms. The number of carbonyl (C=O) groups excluding carboxylic acids is 2. The van der Waals surface area contributed by atoms with Crippen LogP contribution in [-0.2, 0) is 16.0 Å². The first-order chi connectivity index (χ1) is 14.7. The van der Waals surface area contributed by atoms with Gasteiger partial charge < -0.3 is 15.0 Å². The molecule has 0 atom stereocenters. The Morgan fingerprint density at radius 1 is 0.967 bits per heavy atom. The number of para-hydroxylation sites is 1. The predicted octanol–water partition coefficient (Wildman–Crippen LogP) is 4.42. The quantitative estimate of drug-likeness (QED) is 0.639. The van der Waals surface area contributed by atoms with Crippen LogP contribution in [0, 0.1) is 0 Å². The molecular formula is C25H24N2O3. The Morgan fingerprint density at radius 2 is 1.77 bits per heavy atom. The van der Waals surface area contributed by atoms with Gasteiger partial charge in [-0.25, -0.2) is 0 Å².